The predicted octanol–water partition coefficient (Wildman–Crippen LogP) is 8.72. The minimum absolute atomic E-state index is 0.144. The van der Waals surface area contributed by atoms with E-state index in [0.29, 0.717) is 19.3 Å². The Kier molecular flexibility index (Phi) is 28.7. The topological polar surface area (TPSA) is 93.1 Å². The van der Waals surface area contributed by atoms with E-state index in [1.54, 1.807) is 0 Å². The third kappa shape index (κ3) is 29.3. The summed E-state index contributed by atoms with van der Waals surface area (Å²) < 4.78 is 10.2. The maximum atomic E-state index is 11.9. The van der Waals surface area contributed by atoms with Crippen molar-refractivity contribution in [3.8, 4) is 0 Å². The maximum absolute atomic E-state index is 11.9. The number of carbonyl (C=O) groups is 2. The fourth-order valence-electron chi connectivity index (χ4n) is 4.24. The summed E-state index contributed by atoms with van der Waals surface area (Å²) in [6.45, 7) is 6.32. The monoisotopic (exact) mass is 590 g/mol. The number of aliphatic hydroxyl groups excluding tert-OH is 2. The van der Waals surface area contributed by atoms with Gasteiger partial charge in [0.1, 0.15) is 19.3 Å². The van der Waals surface area contributed by atoms with Gasteiger partial charge in [0.2, 0.25) is 0 Å². The summed E-state index contributed by atoms with van der Waals surface area (Å²) in [5.41, 5.74) is 0. The van der Waals surface area contributed by atoms with Crippen LogP contribution in [0.15, 0.2) is 48.6 Å². The molecule has 0 aliphatic carbocycles. The molecular formula is C36H62O6. The van der Waals surface area contributed by atoms with E-state index in [-0.39, 0.29) is 31.3 Å². The first kappa shape index (κ1) is 39.8. The van der Waals surface area contributed by atoms with Gasteiger partial charge in [0.25, 0.3) is 0 Å². The van der Waals surface area contributed by atoms with Crippen LogP contribution in [-0.4, -0.2) is 47.6 Å². The first-order chi connectivity index (χ1) is 20.4. The number of esters is 2. The van der Waals surface area contributed by atoms with Crippen LogP contribution in [0.2, 0.25) is 0 Å². The van der Waals surface area contributed by atoms with Crippen LogP contribution in [0.4, 0.5) is 0 Å². The third-order valence-corrected chi connectivity index (χ3v) is 7.16. The Morgan fingerprint density at radius 1 is 0.619 bits per heavy atom. The second-order valence-corrected chi connectivity index (χ2v) is 11.4. The molecule has 6 heteroatoms. The van der Waals surface area contributed by atoms with Gasteiger partial charge in [-0.15, -0.1) is 0 Å². The second kappa shape index (κ2) is 30.3. The van der Waals surface area contributed by atoms with Gasteiger partial charge in [-0.1, -0.05) is 121 Å². The summed E-state index contributed by atoms with van der Waals surface area (Å²) in [5.74, 6) is 0.162. The zero-order chi connectivity index (χ0) is 31.1. The fraction of sp³-hybridized carbons (Fsp3) is 0.722. The summed E-state index contributed by atoms with van der Waals surface area (Å²) in [7, 11) is 0. The highest BCUT2D eigenvalue weighted by Gasteiger charge is 2.12. The van der Waals surface area contributed by atoms with Gasteiger partial charge in [0.05, 0.1) is 6.10 Å². The molecule has 242 valence electrons. The highest BCUT2D eigenvalue weighted by atomic mass is 16.6. The van der Waals surface area contributed by atoms with E-state index in [1.165, 1.54) is 32.1 Å². The molecule has 0 heterocycles. The van der Waals surface area contributed by atoms with E-state index in [2.05, 4.69) is 63.3 Å². The van der Waals surface area contributed by atoms with Crippen molar-refractivity contribution in [1.82, 2.24) is 0 Å². The van der Waals surface area contributed by atoms with Crippen molar-refractivity contribution >= 4 is 11.9 Å². The van der Waals surface area contributed by atoms with Crippen molar-refractivity contribution < 1.29 is 29.3 Å². The molecule has 0 aromatic rings. The molecule has 0 bridgehead atoms. The summed E-state index contributed by atoms with van der Waals surface area (Å²) in [4.78, 5) is 23.7. The molecule has 0 saturated carbocycles. The summed E-state index contributed by atoms with van der Waals surface area (Å²) in [6, 6.07) is 0. The van der Waals surface area contributed by atoms with E-state index in [9.17, 15) is 19.8 Å². The number of hydrogen-bond acceptors (Lipinski definition) is 6. The molecule has 0 aliphatic heterocycles. The minimum Gasteiger partial charge on any atom is -0.463 e. The van der Waals surface area contributed by atoms with Crippen molar-refractivity contribution in [2.24, 2.45) is 5.92 Å². The van der Waals surface area contributed by atoms with Gasteiger partial charge in [-0.25, -0.2) is 0 Å². The molecular weight excluding hydrogens is 528 g/mol. The largest absolute Gasteiger partial charge is 0.463 e. The van der Waals surface area contributed by atoms with Gasteiger partial charge in [0, 0.05) is 12.8 Å². The Labute approximate surface area is 257 Å². The molecule has 0 radical (unpaired) electrons. The molecule has 0 saturated heterocycles. The van der Waals surface area contributed by atoms with E-state index in [4.69, 9.17) is 9.47 Å². The molecule has 0 spiro atoms. The maximum Gasteiger partial charge on any atom is 0.305 e. The average molecular weight is 591 g/mol. The van der Waals surface area contributed by atoms with Crippen LogP contribution >= 0.6 is 0 Å². The number of carbonyl (C=O) groups excluding carboxylic acids is 2. The van der Waals surface area contributed by atoms with Crippen LogP contribution in [0.5, 0.6) is 0 Å². The molecule has 2 N–H and O–H groups in total. The van der Waals surface area contributed by atoms with Crippen molar-refractivity contribution in [2.45, 2.75) is 149 Å². The van der Waals surface area contributed by atoms with E-state index >= 15 is 0 Å². The molecule has 42 heavy (non-hydrogen) atoms. The zero-order valence-electron chi connectivity index (χ0n) is 27.0. The first-order valence-corrected chi connectivity index (χ1v) is 16.7. The standard InChI is InChI=1S/C36H62O6/c1-4-25-33(37)27-22-18-13-11-9-7-6-8-10-12-14-19-23-28-35(39)41-30-34(38)31-42-36(40)29-24-20-16-15-17-21-26-32(3)5-2/h6,8-9,11-12,14,18,22,32-34,37-38H,4-5,7,10,13,15-17,19-21,23-31H2,1-3H3/b8-6-,11-9-,14-12-,22-18-/t32?,33?,34-/m0/s1. The smallest absolute Gasteiger partial charge is 0.305 e. The van der Waals surface area contributed by atoms with Crippen molar-refractivity contribution in [2.75, 3.05) is 13.2 Å². The Morgan fingerprint density at radius 3 is 1.69 bits per heavy atom. The normalized spacial score (nSPS) is 14.3. The number of rotatable bonds is 28. The highest BCUT2D eigenvalue weighted by Crippen LogP contribution is 2.14. The molecule has 0 amide bonds. The molecule has 0 aromatic carbocycles. The van der Waals surface area contributed by atoms with Crippen molar-refractivity contribution in [1.29, 1.82) is 0 Å². The van der Waals surface area contributed by atoms with Gasteiger partial charge in [-0.05, 0) is 57.3 Å². The lowest BCUT2D eigenvalue weighted by Crippen LogP contribution is -2.25. The van der Waals surface area contributed by atoms with Crippen LogP contribution in [0.25, 0.3) is 0 Å². The Morgan fingerprint density at radius 2 is 1.12 bits per heavy atom. The minimum atomic E-state index is -0.994. The SMILES string of the molecule is CCCC(O)C/C=C\C/C=C\C/C=C\C/C=C\CCCC(=O)OC[C@H](O)COC(=O)CCCCCCCCC(C)CC. The molecule has 2 unspecified atom stereocenters. The molecule has 0 fully saturated rings. The molecule has 0 aliphatic rings. The van der Waals surface area contributed by atoms with E-state index in [1.807, 2.05) is 6.08 Å². The lowest BCUT2D eigenvalue weighted by Gasteiger charge is -2.12. The number of hydrogen-bond donors (Lipinski definition) is 2. The summed E-state index contributed by atoms with van der Waals surface area (Å²) in [5, 5.41) is 19.6. The van der Waals surface area contributed by atoms with Gasteiger partial charge in [0.15, 0.2) is 0 Å². The van der Waals surface area contributed by atoms with Crippen LogP contribution in [0.1, 0.15) is 136 Å². The Bertz CT molecular complexity index is 754. The molecule has 6 nitrogen and oxygen atoms in total. The quantitative estimate of drug-likeness (QED) is 0.0538. The second-order valence-electron chi connectivity index (χ2n) is 11.4. The zero-order valence-corrected chi connectivity index (χ0v) is 27.0. The lowest BCUT2D eigenvalue weighted by molar-refractivity contribution is -0.152. The van der Waals surface area contributed by atoms with Crippen LogP contribution < -0.4 is 0 Å². The summed E-state index contributed by atoms with van der Waals surface area (Å²) >= 11 is 0. The molecule has 0 rings (SSSR count). The fourth-order valence-corrected chi connectivity index (χ4v) is 4.24. The van der Waals surface area contributed by atoms with Gasteiger partial charge >= 0.3 is 11.9 Å². The first-order valence-electron chi connectivity index (χ1n) is 16.7. The molecule has 0 aromatic heterocycles. The van der Waals surface area contributed by atoms with Gasteiger partial charge in [-0.2, -0.15) is 0 Å². The number of allylic oxidation sites excluding steroid dienone is 7. The van der Waals surface area contributed by atoms with Crippen molar-refractivity contribution in [3.63, 3.8) is 0 Å². The van der Waals surface area contributed by atoms with Crippen LogP contribution in [0.3, 0.4) is 0 Å². The molecule has 3 atom stereocenters. The van der Waals surface area contributed by atoms with E-state index in [0.717, 1.165) is 70.1 Å². The Hall–Kier alpha value is -2.18. The van der Waals surface area contributed by atoms with Crippen LogP contribution in [0, 0.1) is 5.92 Å². The van der Waals surface area contributed by atoms with Crippen LogP contribution in [-0.2, 0) is 19.1 Å². The van der Waals surface area contributed by atoms with Gasteiger partial charge in [-0.3, -0.25) is 9.59 Å². The van der Waals surface area contributed by atoms with E-state index < -0.39 is 6.10 Å². The highest BCUT2D eigenvalue weighted by molar-refractivity contribution is 5.69. The predicted molar refractivity (Wildman–Crippen MR) is 174 cm³/mol. The number of unbranched alkanes of at least 4 members (excludes halogenated alkanes) is 6. The van der Waals surface area contributed by atoms with Crippen molar-refractivity contribution in [3.05, 3.63) is 48.6 Å². The number of aliphatic hydroxyl groups is 2. The Balaban J connectivity index is 3.63. The summed E-state index contributed by atoms with van der Waals surface area (Å²) in [6.07, 6.45) is 32.3. The average Bonchev–Trinajstić information content (AvgIpc) is 2.98. The van der Waals surface area contributed by atoms with Gasteiger partial charge < -0.3 is 19.7 Å². The number of ether oxygens (including phenoxy) is 2. The lowest BCUT2D eigenvalue weighted by atomic mass is 10.00. The third-order valence-electron chi connectivity index (χ3n) is 7.16.